The van der Waals surface area contributed by atoms with Gasteiger partial charge in [0.25, 0.3) is 0 Å². The van der Waals surface area contributed by atoms with Gasteiger partial charge in [0.1, 0.15) is 0 Å². The molecular weight excluding hydrogens is 268 g/mol. The lowest BCUT2D eigenvalue weighted by molar-refractivity contribution is 0.209. The molecule has 0 radical (unpaired) electrons. The lowest BCUT2D eigenvalue weighted by atomic mass is 10.0. The quantitative estimate of drug-likeness (QED) is 0.862. The molecule has 2 aromatic rings. The standard InChI is InChI=1S/C20H26N2/c1-3-22(15-17-7-5-4-6-8-17)16(2)13-18-9-10-20-19(14-18)11-12-21-20/h4-10,14,16,21H,3,11-13,15H2,1-2H3. The van der Waals surface area contributed by atoms with E-state index >= 15 is 0 Å². The van der Waals surface area contributed by atoms with Gasteiger partial charge in [-0.05, 0) is 49.1 Å². The summed E-state index contributed by atoms with van der Waals surface area (Å²) in [6.45, 7) is 7.81. The molecule has 0 aromatic heterocycles. The molecule has 2 heteroatoms. The number of likely N-dealkylation sites (N-methyl/N-ethyl adjacent to an activating group) is 1. The van der Waals surface area contributed by atoms with Crippen LogP contribution in [0.25, 0.3) is 0 Å². The zero-order valence-corrected chi connectivity index (χ0v) is 13.7. The fourth-order valence-corrected chi connectivity index (χ4v) is 3.35. The third-order valence-corrected chi connectivity index (χ3v) is 4.67. The first kappa shape index (κ1) is 15.1. The van der Waals surface area contributed by atoms with Crippen molar-refractivity contribution >= 4 is 5.69 Å². The lowest BCUT2D eigenvalue weighted by Gasteiger charge is -2.28. The molecule has 116 valence electrons. The third kappa shape index (κ3) is 3.50. The Labute approximate surface area is 134 Å². The molecule has 0 saturated carbocycles. The van der Waals surface area contributed by atoms with Crippen molar-refractivity contribution in [3.8, 4) is 0 Å². The topological polar surface area (TPSA) is 15.3 Å². The van der Waals surface area contributed by atoms with E-state index < -0.39 is 0 Å². The number of rotatable bonds is 6. The van der Waals surface area contributed by atoms with E-state index in [1.54, 1.807) is 0 Å². The zero-order chi connectivity index (χ0) is 15.4. The normalized spacial score (nSPS) is 14.7. The summed E-state index contributed by atoms with van der Waals surface area (Å²) in [6.07, 6.45) is 2.28. The van der Waals surface area contributed by atoms with Gasteiger partial charge in [-0.1, -0.05) is 49.4 Å². The van der Waals surface area contributed by atoms with Gasteiger partial charge in [0.2, 0.25) is 0 Å². The average molecular weight is 294 g/mol. The molecule has 0 bridgehead atoms. The first-order valence-electron chi connectivity index (χ1n) is 8.40. The van der Waals surface area contributed by atoms with E-state index in [2.05, 4.69) is 72.6 Å². The number of nitrogens with one attached hydrogen (secondary N) is 1. The molecule has 0 fully saturated rings. The molecule has 22 heavy (non-hydrogen) atoms. The molecule has 1 unspecified atom stereocenters. The second kappa shape index (κ2) is 6.97. The van der Waals surface area contributed by atoms with Gasteiger partial charge in [0.15, 0.2) is 0 Å². The maximum Gasteiger partial charge on any atom is 0.0373 e. The summed E-state index contributed by atoms with van der Waals surface area (Å²) in [6, 6.07) is 18.2. The highest BCUT2D eigenvalue weighted by Crippen LogP contribution is 2.24. The maximum atomic E-state index is 3.44. The van der Waals surface area contributed by atoms with E-state index in [0.717, 1.165) is 26.1 Å². The molecule has 0 amide bonds. The Bertz CT molecular complexity index is 606. The highest BCUT2D eigenvalue weighted by Gasteiger charge is 2.15. The molecule has 1 atom stereocenters. The van der Waals surface area contributed by atoms with Crippen LogP contribution in [-0.4, -0.2) is 24.0 Å². The zero-order valence-electron chi connectivity index (χ0n) is 13.7. The SMILES string of the molecule is CCN(Cc1ccccc1)C(C)Cc1ccc2c(c1)CCN2. The molecule has 2 nitrogen and oxygen atoms in total. The number of fused-ring (bicyclic) bond motifs is 1. The Morgan fingerprint density at radius 2 is 1.91 bits per heavy atom. The molecule has 3 rings (SSSR count). The highest BCUT2D eigenvalue weighted by molar-refractivity contribution is 5.56. The molecule has 2 aromatic carbocycles. The van der Waals surface area contributed by atoms with Crippen molar-refractivity contribution in [1.29, 1.82) is 0 Å². The summed E-state index contributed by atoms with van der Waals surface area (Å²) in [7, 11) is 0. The number of nitrogens with zero attached hydrogens (tertiary/aromatic N) is 1. The molecule has 1 aliphatic heterocycles. The van der Waals surface area contributed by atoms with Gasteiger partial charge in [0.05, 0.1) is 0 Å². The Balaban J connectivity index is 1.65. The minimum Gasteiger partial charge on any atom is -0.384 e. The van der Waals surface area contributed by atoms with Crippen molar-refractivity contribution in [3.05, 3.63) is 65.2 Å². The largest absolute Gasteiger partial charge is 0.384 e. The Morgan fingerprint density at radius 3 is 2.68 bits per heavy atom. The van der Waals surface area contributed by atoms with Crippen LogP contribution >= 0.6 is 0 Å². The molecule has 0 aliphatic carbocycles. The van der Waals surface area contributed by atoms with E-state index in [1.165, 1.54) is 28.8 Å². The minimum absolute atomic E-state index is 0.553. The van der Waals surface area contributed by atoms with Crippen molar-refractivity contribution in [2.24, 2.45) is 0 Å². The van der Waals surface area contributed by atoms with Crippen LogP contribution in [0.1, 0.15) is 30.5 Å². The summed E-state index contributed by atoms with van der Waals surface area (Å²) < 4.78 is 0. The molecule has 0 saturated heterocycles. The Morgan fingerprint density at radius 1 is 1.09 bits per heavy atom. The van der Waals surface area contributed by atoms with Crippen LogP contribution in [-0.2, 0) is 19.4 Å². The van der Waals surface area contributed by atoms with Crippen LogP contribution in [0.4, 0.5) is 5.69 Å². The monoisotopic (exact) mass is 294 g/mol. The van der Waals surface area contributed by atoms with E-state index in [-0.39, 0.29) is 0 Å². The van der Waals surface area contributed by atoms with E-state index in [4.69, 9.17) is 0 Å². The predicted molar refractivity (Wildman–Crippen MR) is 94.3 cm³/mol. The number of hydrogen-bond acceptors (Lipinski definition) is 2. The fourth-order valence-electron chi connectivity index (χ4n) is 3.35. The van der Waals surface area contributed by atoms with Gasteiger partial charge in [0, 0.05) is 24.8 Å². The van der Waals surface area contributed by atoms with E-state index in [0.29, 0.717) is 6.04 Å². The summed E-state index contributed by atoms with van der Waals surface area (Å²) in [4.78, 5) is 2.56. The van der Waals surface area contributed by atoms with Crippen molar-refractivity contribution < 1.29 is 0 Å². The smallest absolute Gasteiger partial charge is 0.0373 e. The van der Waals surface area contributed by atoms with Crippen LogP contribution in [0.2, 0.25) is 0 Å². The molecule has 0 spiro atoms. The first-order valence-corrected chi connectivity index (χ1v) is 8.40. The van der Waals surface area contributed by atoms with Gasteiger partial charge in [-0.15, -0.1) is 0 Å². The second-order valence-corrected chi connectivity index (χ2v) is 6.27. The van der Waals surface area contributed by atoms with Gasteiger partial charge in [-0.25, -0.2) is 0 Å². The highest BCUT2D eigenvalue weighted by atomic mass is 15.1. The first-order chi connectivity index (χ1) is 10.8. The Hall–Kier alpha value is -1.80. The van der Waals surface area contributed by atoms with Crippen LogP contribution in [0.3, 0.4) is 0 Å². The number of hydrogen-bond donors (Lipinski definition) is 1. The maximum absolute atomic E-state index is 3.44. The fraction of sp³-hybridized carbons (Fsp3) is 0.400. The van der Waals surface area contributed by atoms with Crippen molar-refractivity contribution in [3.63, 3.8) is 0 Å². The summed E-state index contributed by atoms with van der Waals surface area (Å²) in [5.41, 5.74) is 5.67. The lowest BCUT2D eigenvalue weighted by Crippen LogP contribution is -2.34. The average Bonchev–Trinajstić information content (AvgIpc) is 3.01. The van der Waals surface area contributed by atoms with Crippen LogP contribution in [0.5, 0.6) is 0 Å². The molecular formula is C20H26N2. The van der Waals surface area contributed by atoms with E-state index in [9.17, 15) is 0 Å². The van der Waals surface area contributed by atoms with E-state index in [1.807, 2.05) is 0 Å². The van der Waals surface area contributed by atoms with Crippen LogP contribution in [0, 0.1) is 0 Å². The van der Waals surface area contributed by atoms with Crippen molar-refractivity contribution in [1.82, 2.24) is 4.90 Å². The van der Waals surface area contributed by atoms with Gasteiger partial charge < -0.3 is 5.32 Å². The summed E-state index contributed by atoms with van der Waals surface area (Å²) in [5.74, 6) is 0. The van der Waals surface area contributed by atoms with Gasteiger partial charge in [-0.3, -0.25) is 4.90 Å². The summed E-state index contributed by atoms with van der Waals surface area (Å²) in [5, 5.41) is 3.44. The Kier molecular flexibility index (Phi) is 4.79. The molecule has 1 aliphatic rings. The minimum atomic E-state index is 0.553. The van der Waals surface area contributed by atoms with Crippen molar-refractivity contribution in [2.45, 2.75) is 39.3 Å². The predicted octanol–water partition coefficient (Wildman–Crippen LogP) is 4.11. The van der Waals surface area contributed by atoms with Crippen molar-refractivity contribution in [2.75, 3.05) is 18.4 Å². The van der Waals surface area contributed by atoms with Crippen LogP contribution in [0.15, 0.2) is 48.5 Å². The summed E-state index contributed by atoms with van der Waals surface area (Å²) >= 11 is 0. The van der Waals surface area contributed by atoms with Gasteiger partial charge >= 0.3 is 0 Å². The van der Waals surface area contributed by atoms with Gasteiger partial charge in [-0.2, -0.15) is 0 Å². The number of benzene rings is 2. The molecule has 1 N–H and O–H groups in total. The third-order valence-electron chi connectivity index (χ3n) is 4.67. The molecule has 1 heterocycles. The van der Waals surface area contributed by atoms with Crippen LogP contribution < -0.4 is 5.32 Å². The number of anilines is 1. The second-order valence-electron chi connectivity index (χ2n) is 6.27.